The highest BCUT2D eigenvalue weighted by Crippen LogP contribution is 2.25. The van der Waals surface area contributed by atoms with E-state index in [9.17, 15) is 9.18 Å². The first-order valence-electron chi connectivity index (χ1n) is 6.48. The first-order chi connectivity index (χ1) is 9.13. The van der Waals surface area contributed by atoms with E-state index in [2.05, 4.69) is 0 Å². The standard InChI is InChI=1S/C14H19FN2O2.ClH/c1-10(8-16)14(18)17-6-7-19-13(9-17)11-4-2-3-5-12(11)15;/h2-5,10,13H,6-9,16H2,1H3;1H. The van der Waals surface area contributed by atoms with Crippen molar-refractivity contribution in [3.63, 3.8) is 0 Å². The number of nitrogens with two attached hydrogens (primary N) is 1. The summed E-state index contributed by atoms with van der Waals surface area (Å²) >= 11 is 0. The van der Waals surface area contributed by atoms with Crippen LogP contribution in [0.3, 0.4) is 0 Å². The lowest BCUT2D eigenvalue weighted by Gasteiger charge is -2.34. The molecule has 1 aliphatic heterocycles. The zero-order chi connectivity index (χ0) is 13.8. The maximum atomic E-state index is 13.7. The summed E-state index contributed by atoms with van der Waals surface area (Å²) in [6.07, 6.45) is -0.399. The third kappa shape index (κ3) is 3.69. The fourth-order valence-corrected chi connectivity index (χ4v) is 2.19. The predicted molar refractivity (Wildman–Crippen MR) is 77.1 cm³/mol. The average Bonchev–Trinajstić information content (AvgIpc) is 2.46. The number of rotatable bonds is 3. The molecule has 1 saturated heterocycles. The van der Waals surface area contributed by atoms with Crippen LogP contribution in [0, 0.1) is 11.7 Å². The van der Waals surface area contributed by atoms with Gasteiger partial charge < -0.3 is 15.4 Å². The molecular formula is C14H20ClFN2O2. The number of halogens is 2. The Hall–Kier alpha value is -1.17. The zero-order valence-corrected chi connectivity index (χ0v) is 12.2. The molecule has 1 heterocycles. The Bertz CT molecular complexity index is 459. The maximum absolute atomic E-state index is 13.7. The molecule has 1 aromatic carbocycles. The van der Waals surface area contributed by atoms with Crippen molar-refractivity contribution in [2.24, 2.45) is 11.7 Å². The third-order valence-electron chi connectivity index (χ3n) is 3.41. The molecule has 20 heavy (non-hydrogen) atoms. The number of ether oxygens (including phenoxy) is 1. The van der Waals surface area contributed by atoms with Crippen LogP contribution in [-0.2, 0) is 9.53 Å². The Morgan fingerprint density at radius 1 is 1.55 bits per heavy atom. The number of amides is 1. The highest BCUT2D eigenvalue weighted by Gasteiger charge is 2.28. The minimum atomic E-state index is -0.399. The predicted octanol–water partition coefficient (Wildman–Crippen LogP) is 1.74. The largest absolute Gasteiger partial charge is 0.370 e. The summed E-state index contributed by atoms with van der Waals surface area (Å²) in [6.45, 7) is 3.46. The first-order valence-corrected chi connectivity index (χ1v) is 6.48. The topological polar surface area (TPSA) is 55.6 Å². The van der Waals surface area contributed by atoms with Gasteiger partial charge in [-0.15, -0.1) is 12.4 Å². The molecular weight excluding hydrogens is 283 g/mol. The number of carbonyl (C=O) groups excluding carboxylic acids is 1. The highest BCUT2D eigenvalue weighted by atomic mass is 35.5. The molecule has 2 rings (SSSR count). The Balaban J connectivity index is 0.00000200. The van der Waals surface area contributed by atoms with E-state index in [4.69, 9.17) is 10.5 Å². The van der Waals surface area contributed by atoms with Gasteiger partial charge in [0.25, 0.3) is 0 Å². The van der Waals surface area contributed by atoms with Gasteiger partial charge in [0, 0.05) is 24.6 Å². The van der Waals surface area contributed by atoms with E-state index >= 15 is 0 Å². The molecule has 1 aliphatic rings. The lowest BCUT2D eigenvalue weighted by molar-refractivity contribution is -0.142. The number of hydrogen-bond acceptors (Lipinski definition) is 3. The number of morpholine rings is 1. The summed E-state index contributed by atoms with van der Waals surface area (Å²) in [7, 11) is 0. The summed E-state index contributed by atoms with van der Waals surface area (Å²) in [4.78, 5) is 13.8. The second kappa shape index (κ2) is 7.57. The average molecular weight is 303 g/mol. The SMILES string of the molecule is CC(CN)C(=O)N1CCOC(c2ccccc2F)C1.Cl. The molecule has 0 radical (unpaired) electrons. The highest BCUT2D eigenvalue weighted by molar-refractivity contribution is 5.85. The molecule has 0 bridgehead atoms. The van der Waals surface area contributed by atoms with Gasteiger partial charge in [-0.1, -0.05) is 25.1 Å². The van der Waals surface area contributed by atoms with Crippen molar-refractivity contribution in [1.29, 1.82) is 0 Å². The first kappa shape index (κ1) is 16.9. The van der Waals surface area contributed by atoms with Crippen molar-refractivity contribution in [3.8, 4) is 0 Å². The van der Waals surface area contributed by atoms with Crippen LogP contribution in [0.25, 0.3) is 0 Å². The zero-order valence-electron chi connectivity index (χ0n) is 11.4. The van der Waals surface area contributed by atoms with Gasteiger partial charge in [-0.05, 0) is 6.07 Å². The van der Waals surface area contributed by atoms with Crippen molar-refractivity contribution in [3.05, 3.63) is 35.6 Å². The molecule has 2 unspecified atom stereocenters. The van der Waals surface area contributed by atoms with Gasteiger partial charge in [0.15, 0.2) is 0 Å². The minimum Gasteiger partial charge on any atom is -0.370 e. The summed E-state index contributed by atoms with van der Waals surface area (Å²) in [5.74, 6) is -0.500. The molecule has 1 aromatic rings. The van der Waals surface area contributed by atoms with Crippen molar-refractivity contribution in [1.82, 2.24) is 4.90 Å². The Kier molecular flexibility index (Phi) is 6.39. The summed E-state index contributed by atoms with van der Waals surface area (Å²) in [5, 5.41) is 0. The fraction of sp³-hybridized carbons (Fsp3) is 0.500. The molecule has 112 valence electrons. The van der Waals surface area contributed by atoms with Crippen LogP contribution >= 0.6 is 12.4 Å². The molecule has 2 N–H and O–H groups in total. The lowest BCUT2D eigenvalue weighted by atomic mass is 10.1. The number of nitrogens with zero attached hydrogens (tertiary/aromatic N) is 1. The van der Waals surface area contributed by atoms with Gasteiger partial charge in [-0.3, -0.25) is 4.79 Å². The summed E-state index contributed by atoms with van der Waals surface area (Å²) in [5.41, 5.74) is 6.01. The van der Waals surface area contributed by atoms with Crippen molar-refractivity contribution >= 4 is 18.3 Å². The second-order valence-electron chi connectivity index (χ2n) is 4.80. The minimum absolute atomic E-state index is 0. The van der Waals surface area contributed by atoms with E-state index in [0.717, 1.165) is 0 Å². The molecule has 0 saturated carbocycles. The maximum Gasteiger partial charge on any atom is 0.226 e. The van der Waals surface area contributed by atoms with Crippen LogP contribution in [-0.4, -0.2) is 37.0 Å². The molecule has 0 aliphatic carbocycles. The van der Waals surface area contributed by atoms with Gasteiger partial charge >= 0.3 is 0 Å². The van der Waals surface area contributed by atoms with E-state index in [1.165, 1.54) is 6.07 Å². The number of hydrogen-bond donors (Lipinski definition) is 1. The lowest BCUT2D eigenvalue weighted by Crippen LogP contribution is -2.45. The molecule has 2 atom stereocenters. The van der Waals surface area contributed by atoms with Crippen LogP contribution in [0.15, 0.2) is 24.3 Å². The smallest absolute Gasteiger partial charge is 0.226 e. The Labute approximate surface area is 124 Å². The molecule has 0 aromatic heterocycles. The van der Waals surface area contributed by atoms with E-state index < -0.39 is 6.10 Å². The summed E-state index contributed by atoms with van der Waals surface area (Å²) in [6, 6.07) is 6.51. The monoisotopic (exact) mass is 302 g/mol. The van der Waals surface area contributed by atoms with Gasteiger partial charge in [-0.25, -0.2) is 4.39 Å². The molecule has 4 nitrogen and oxygen atoms in total. The van der Waals surface area contributed by atoms with E-state index in [1.54, 1.807) is 30.0 Å². The van der Waals surface area contributed by atoms with Crippen LogP contribution < -0.4 is 5.73 Å². The Morgan fingerprint density at radius 3 is 2.90 bits per heavy atom. The molecule has 1 amide bonds. The van der Waals surface area contributed by atoms with Gasteiger partial charge in [0.2, 0.25) is 5.91 Å². The third-order valence-corrected chi connectivity index (χ3v) is 3.41. The van der Waals surface area contributed by atoms with E-state index in [0.29, 0.717) is 31.8 Å². The van der Waals surface area contributed by atoms with E-state index in [-0.39, 0.29) is 30.0 Å². The van der Waals surface area contributed by atoms with Gasteiger partial charge in [0.05, 0.1) is 13.2 Å². The fourth-order valence-electron chi connectivity index (χ4n) is 2.19. The normalized spacial score (nSPS) is 20.1. The van der Waals surface area contributed by atoms with Crippen LogP contribution in [0.5, 0.6) is 0 Å². The van der Waals surface area contributed by atoms with Gasteiger partial charge in [0.1, 0.15) is 11.9 Å². The van der Waals surface area contributed by atoms with Crippen LogP contribution in [0.2, 0.25) is 0 Å². The quantitative estimate of drug-likeness (QED) is 0.925. The number of benzene rings is 1. The molecule has 0 spiro atoms. The Morgan fingerprint density at radius 2 is 2.25 bits per heavy atom. The summed E-state index contributed by atoms with van der Waals surface area (Å²) < 4.78 is 19.3. The second-order valence-corrected chi connectivity index (χ2v) is 4.80. The van der Waals surface area contributed by atoms with Crippen molar-refractivity contribution in [2.75, 3.05) is 26.2 Å². The van der Waals surface area contributed by atoms with Crippen molar-refractivity contribution < 1.29 is 13.9 Å². The van der Waals surface area contributed by atoms with Crippen LogP contribution in [0.4, 0.5) is 4.39 Å². The van der Waals surface area contributed by atoms with Crippen molar-refractivity contribution in [2.45, 2.75) is 13.0 Å². The molecule has 1 fully saturated rings. The molecule has 6 heteroatoms. The van der Waals surface area contributed by atoms with E-state index in [1.807, 2.05) is 0 Å². The number of carbonyl (C=O) groups is 1. The van der Waals surface area contributed by atoms with Crippen LogP contribution in [0.1, 0.15) is 18.6 Å². The van der Waals surface area contributed by atoms with Gasteiger partial charge in [-0.2, -0.15) is 0 Å².